The van der Waals surface area contributed by atoms with E-state index in [4.69, 9.17) is 25.8 Å². The van der Waals surface area contributed by atoms with Crippen molar-refractivity contribution in [1.82, 2.24) is 5.06 Å². The molecule has 2 aliphatic heterocycles. The minimum atomic E-state index is -1.14. The van der Waals surface area contributed by atoms with Crippen LogP contribution in [0.3, 0.4) is 0 Å². The molecule has 4 rings (SSSR count). The van der Waals surface area contributed by atoms with Crippen LogP contribution in [0, 0.1) is 16.2 Å². The molecular weight excluding hydrogens is 528 g/mol. The average molecular weight is 573 g/mol. The minimum Gasteiger partial charge on any atom is -0.485 e. The number of hydrogen-bond acceptors (Lipinski definition) is 10. The Bertz CT molecular complexity index is 1200. The molecule has 3 aliphatic rings. The summed E-state index contributed by atoms with van der Waals surface area (Å²) in [6.07, 6.45) is 5.37. The number of nitroso groups, excluding NO2 is 1. The summed E-state index contributed by atoms with van der Waals surface area (Å²) < 4.78 is 12.7. The van der Waals surface area contributed by atoms with Gasteiger partial charge in [0.05, 0.1) is 23.2 Å². The number of nitrogens with two attached hydrogens (primary N) is 2. The maximum atomic E-state index is 12.7. The number of aryl methyl sites for hydroxylation is 1. The van der Waals surface area contributed by atoms with Crippen LogP contribution in [0.25, 0.3) is 0 Å². The van der Waals surface area contributed by atoms with E-state index in [1.165, 1.54) is 0 Å². The van der Waals surface area contributed by atoms with Crippen molar-refractivity contribution in [2.45, 2.75) is 109 Å². The average Bonchev–Trinajstić information content (AvgIpc) is 3.21. The van der Waals surface area contributed by atoms with Gasteiger partial charge in [0.15, 0.2) is 6.61 Å². The molecular formula is C30H44N4O7. The number of imide groups is 1. The summed E-state index contributed by atoms with van der Waals surface area (Å²) in [7, 11) is 0. The number of hydroxylamine groups is 2. The molecule has 2 fully saturated rings. The first-order chi connectivity index (χ1) is 19.2. The van der Waals surface area contributed by atoms with Crippen LogP contribution in [0.2, 0.25) is 0 Å². The van der Waals surface area contributed by atoms with Crippen molar-refractivity contribution in [3.8, 4) is 11.5 Å². The number of ether oxygens (including phenoxy) is 2. The number of hydrogen-bond donors (Lipinski definition) is 2. The van der Waals surface area contributed by atoms with Crippen LogP contribution in [0.15, 0.2) is 17.3 Å². The molecule has 0 radical (unpaired) electrons. The smallest absolute Gasteiger partial charge is 0.370 e. The lowest BCUT2D eigenvalue weighted by atomic mass is 9.48. The van der Waals surface area contributed by atoms with E-state index in [0.29, 0.717) is 41.4 Å². The number of carbonyl (C=O) groups is 3. The highest BCUT2D eigenvalue weighted by Crippen LogP contribution is 2.62. The molecule has 1 aromatic carbocycles. The van der Waals surface area contributed by atoms with Gasteiger partial charge in [-0.3, -0.25) is 9.59 Å². The summed E-state index contributed by atoms with van der Waals surface area (Å²) in [5, 5.41) is 3.62. The zero-order valence-corrected chi connectivity index (χ0v) is 24.9. The lowest BCUT2D eigenvalue weighted by Gasteiger charge is -2.65. The predicted molar refractivity (Wildman–Crippen MR) is 152 cm³/mol. The van der Waals surface area contributed by atoms with Crippen LogP contribution >= 0.6 is 0 Å². The van der Waals surface area contributed by atoms with Crippen molar-refractivity contribution in [2.75, 3.05) is 13.2 Å². The molecule has 1 saturated carbocycles. The Morgan fingerprint density at radius 2 is 1.83 bits per heavy atom. The van der Waals surface area contributed by atoms with E-state index in [0.717, 1.165) is 31.2 Å². The zero-order chi connectivity index (χ0) is 30.2. The molecule has 4 atom stereocenters. The molecule has 41 heavy (non-hydrogen) atoms. The maximum absolute atomic E-state index is 12.7. The lowest BCUT2D eigenvalue weighted by molar-refractivity contribution is -0.198. The molecule has 11 heteroatoms. The summed E-state index contributed by atoms with van der Waals surface area (Å²) in [4.78, 5) is 52.7. The van der Waals surface area contributed by atoms with Crippen LogP contribution in [0.5, 0.6) is 11.5 Å². The standard InChI is InChI=1S/C30H44N4O7/c1-6-7-8-9-20-14-21(39-17-25(37)41-34-23(35)10-11-24(34)36)26-22(15-20)40-27(3,4)30(32)16-19(2)28(5,12-13-33-38)18-29(26,30)31/h14-15,19H,6-13,16-18,31-32H2,1-5H3/t19?,28?,29-,30-/m1/s1. The van der Waals surface area contributed by atoms with E-state index >= 15 is 0 Å². The number of benzene rings is 1. The second-order valence-electron chi connectivity index (χ2n) is 12.9. The first-order valence-corrected chi connectivity index (χ1v) is 14.6. The van der Waals surface area contributed by atoms with Gasteiger partial charge in [-0.25, -0.2) is 4.79 Å². The molecule has 0 aromatic heterocycles. The predicted octanol–water partition coefficient (Wildman–Crippen LogP) is 4.02. The van der Waals surface area contributed by atoms with E-state index < -0.39 is 41.1 Å². The second kappa shape index (κ2) is 11.3. The van der Waals surface area contributed by atoms with Gasteiger partial charge in [-0.15, -0.1) is 5.06 Å². The third-order valence-electron chi connectivity index (χ3n) is 9.70. The van der Waals surface area contributed by atoms with Crippen LogP contribution in [-0.2, 0) is 31.2 Å². The van der Waals surface area contributed by atoms with Crippen molar-refractivity contribution in [3.05, 3.63) is 28.2 Å². The number of fused-ring (bicyclic) bond motifs is 3. The summed E-state index contributed by atoms with van der Waals surface area (Å²) in [6, 6.07) is 3.85. The fraction of sp³-hybridized carbons (Fsp3) is 0.700. The molecule has 2 amide bonds. The molecule has 1 aromatic rings. The van der Waals surface area contributed by atoms with Crippen molar-refractivity contribution in [3.63, 3.8) is 0 Å². The zero-order valence-electron chi connectivity index (χ0n) is 24.9. The molecule has 11 nitrogen and oxygen atoms in total. The van der Waals surface area contributed by atoms with Gasteiger partial charge in [0.25, 0.3) is 11.8 Å². The molecule has 4 N–H and O–H groups in total. The normalized spacial score (nSPS) is 30.3. The first-order valence-electron chi connectivity index (χ1n) is 14.6. The van der Waals surface area contributed by atoms with Crippen molar-refractivity contribution >= 4 is 17.8 Å². The van der Waals surface area contributed by atoms with Crippen LogP contribution in [0.4, 0.5) is 0 Å². The van der Waals surface area contributed by atoms with Crippen molar-refractivity contribution in [1.29, 1.82) is 0 Å². The van der Waals surface area contributed by atoms with Gasteiger partial charge in [0.2, 0.25) is 0 Å². The Labute approximate surface area is 241 Å². The highest BCUT2D eigenvalue weighted by Gasteiger charge is 2.67. The Morgan fingerprint density at radius 1 is 1.15 bits per heavy atom. The summed E-state index contributed by atoms with van der Waals surface area (Å²) in [5.74, 6) is -1.000. The van der Waals surface area contributed by atoms with Gasteiger partial charge in [-0.1, -0.05) is 38.8 Å². The lowest BCUT2D eigenvalue weighted by Crippen LogP contribution is -2.80. The summed E-state index contributed by atoms with van der Waals surface area (Å²) in [5.41, 5.74) is 12.9. The molecule has 1 saturated heterocycles. The number of rotatable bonds is 11. The molecule has 226 valence electrons. The topological polar surface area (TPSA) is 164 Å². The molecule has 2 unspecified atom stereocenters. The molecule has 0 bridgehead atoms. The third kappa shape index (κ3) is 5.46. The van der Waals surface area contributed by atoms with Crippen LogP contribution in [-0.4, -0.2) is 47.1 Å². The Balaban J connectivity index is 1.75. The maximum Gasteiger partial charge on any atom is 0.370 e. The summed E-state index contributed by atoms with van der Waals surface area (Å²) >= 11 is 0. The third-order valence-corrected chi connectivity index (χ3v) is 9.70. The van der Waals surface area contributed by atoms with E-state index in [9.17, 15) is 19.3 Å². The Kier molecular flexibility index (Phi) is 8.53. The fourth-order valence-electron chi connectivity index (χ4n) is 6.90. The van der Waals surface area contributed by atoms with E-state index in [1.54, 1.807) is 0 Å². The van der Waals surface area contributed by atoms with Crippen molar-refractivity contribution < 1.29 is 28.7 Å². The van der Waals surface area contributed by atoms with Crippen LogP contribution < -0.4 is 20.9 Å². The highest BCUT2D eigenvalue weighted by molar-refractivity contribution is 6.01. The largest absolute Gasteiger partial charge is 0.485 e. The first kappa shape index (κ1) is 30.9. The molecule has 2 heterocycles. The minimum absolute atomic E-state index is 0.00149. The molecule has 0 spiro atoms. The SMILES string of the molecule is CCCCCc1cc(OCC(=O)ON2C(=O)CCC2=O)c2c(c1)OC(C)(C)[C@]1(N)CC(C)C(C)(CCN=O)C[C@@]21N. The van der Waals surface area contributed by atoms with Gasteiger partial charge in [0.1, 0.15) is 17.1 Å². The van der Waals surface area contributed by atoms with Gasteiger partial charge in [-0.2, -0.15) is 4.91 Å². The Hall–Kier alpha value is -3.05. The highest BCUT2D eigenvalue weighted by atomic mass is 16.7. The number of amides is 2. The second-order valence-corrected chi connectivity index (χ2v) is 12.9. The van der Waals surface area contributed by atoms with Crippen molar-refractivity contribution in [2.24, 2.45) is 28.0 Å². The molecule has 1 aliphatic carbocycles. The van der Waals surface area contributed by atoms with E-state index in [1.807, 2.05) is 26.0 Å². The van der Waals surface area contributed by atoms with Crippen LogP contribution in [0.1, 0.15) is 97.1 Å². The number of nitrogens with zero attached hydrogens (tertiary/aromatic N) is 2. The monoisotopic (exact) mass is 572 g/mol. The van der Waals surface area contributed by atoms with E-state index in [2.05, 4.69) is 25.9 Å². The number of carbonyl (C=O) groups excluding carboxylic acids is 3. The quantitative estimate of drug-likeness (QED) is 0.226. The Morgan fingerprint density at radius 3 is 2.46 bits per heavy atom. The fourth-order valence-corrected chi connectivity index (χ4v) is 6.90. The van der Waals surface area contributed by atoms with E-state index in [-0.39, 0.29) is 30.7 Å². The van der Waals surface area contributed by atoms with Gasteiger partial charge >= 0.3 is 5.97 Å². The van der Waals surface area contributed by atoms with Gasteiger partial charge in [0, 0.05) is 12.8 Å². The summed E-state index contributed by atoms with van der Waals surface area (Å²) in [6.45, 7) is 9.88. The van der Waals surface area contributed by atoms with Gasteiger partial charge in [-0.05, 0) is 75.0 Å². The van der Waals surface area contributed by atoms with Gasteiger partial charge < -0.3 is 25.8 Å². The number of unbranched alkanes of at least 4 members (excludes halogenated alkanes) is 2.